The molecule has 0 aliphatic carbocycles. The zero-order valence-corrected chi connectivity index (χ0v) is 15.2. The highest BCUT2D eigenvalue weighted by Gasteiger charge is 2.19. The summed E-state index contributed by atoms with van der Waals surface area (Å²) in [7, 11) is 1.60. The zero-order chi connectivity index (χ0) is 18.9. The van der Waals surface area contributed by atoms with E-state index in [1.54, 1.807) is 7.11 Å². The number of hydrogen-bond acceptors (Lipinski definition) is 3. The van der Waals surface area contributed by atoms with Crippen LogP contribution in [-0.4, -0.2) is 30.6 Å². The lowest BCUT2D eigenvalue weighted by Crippen LogP contribution is -2.34. The summed E-state index contributed by atoms with van der Waals surface area (Å²) < 4.78 is 5.27. The number of aliphatic carboxylic acids is 1. The Balaban J connectivity index is 1.86. The van der Waals surface area contributed by atoms with E-state index in [0.717, 1.165) is 22.4 Å². The molecule has 0 radical (unpaired) electrons. The van der Waals surface area contributed by atoms with Gasteiger partial charge >= 0.3 is 5.97 Å². The predicted molar refractivity (Wildman–Crippen MR) is 100 cm³/mol. The molecule has 2 rings (SSSR count). The fraction of sp³-hybridized carbons (Fsp3) is 0.333. The summed E-state index contributed by atoms with van der Waals surface area (Å²) >= 11 is 0. The van der Waals surface area contributed by atoms with E-state index < -0.39 is 11.9 Å². The molecule has 0 saturated carbocycles. The van der Waals surface area contributed by atoms with Gasteiger partial charge in [0.05, 0.1) is 13.0 Å². The van der Waals surface area contributed by atoms with Gasteiger partial charge < -0.3 is 15.2 Å². The van der Waals surface area contributed by atoms with Gasteiger partial charge in [0.1, 0.15) is 5.75 Å². The monoisotopic (exact) mass is 355 g/mol. The third kappa shape index (κ3) is 5.92. The maximum atomic E-state index is 12.1. The first kappa shape index (κ1) is 19.5. The summed E-state index contributed by atoms with van der Waals surface area (Å²) in [5.74, 6) is -0.960. The normalized spacial score (nSPS) is 11.6. The second-order valence-corrected chi connectivity index (χ2v) is 6.34. The van der Waals surface area contributed by atoms with E-state index in [1.165, 1.54) is 0 Å². The van der Waals surface area contributed by atoms with Gasteiger partial charge in [0.15, 0.2) is 0 Å². The van der Waals surface area contributed by atoms with E-state index in [1.807, 2.05) is 55.5 Å². The number of hydrogen-bond donors (Lipinski definition) is 2. The van der Waals surface area contributed by atoms with Crippen molar-refractivity contribution in [1.82, 2.24) is 5.32 Å². The first-order chi connectivity index (χ1) is 12.5. The van der Waals surface area contributed by atoms with Crippen molar-refractivity contribution in [3.8, 4) is 5.75 Å². The number of nitrogens with one attached hydrogen (secondary N) is 1. The summed E-state index contributed by atoms with van der Waals surface area (Å²) in [6, 6.07) is 15.3. The summed E-state index contributed by atoms with van der Waals surface area (Å²) in [4.78, 5) is 23.6. The maximum absolute atomic E-state index is 12.1. The number of aryl methyl sites for hydroxylation is 2. The van der Waals surface area contributed by atoms with Gasteiger partial charge in [0.2, 0.25) is 5.91 Å². The quantitative estimate of drug-likeness (QED) is 0.725. The van der Waals surface area contributed by atoms with E-state index in [2.05, 4.69) is 5.32 Å². The summed E-state index contributed by atoms with van der Waals surface area (Å²) in [6.07, 6.45) is 1.23. The molecule has 0 aliphatic rings. The summed E-state index contributed by atoms with van der Waals surface area (Å²) in [5, 5.41) is 12.2. The highest BCUT2D eigenvalue weighted by Crippen LogP contribution is 2.18. The van der Waals surface area contributed by atoms with Crippen molar-refractivity contribution < 1.29 is 19.4 Å². The highest BCUT2D eigenvalue weighted by atomic mass is 16.5. The lowest BCUT2D eigenvalue weighted by Gasteiger charge is -2.14. The van der Waals surface area contributed by atoms with Gasteiger partial charge in [-0.1, -0.05) is 48.0 Å². The minimum absolute atomic E-state index is 0.119. The van der Waals surface area contributed by atoms with E-state index in [9.17, 15) is 14.7 Å². The molecule has 2 N–H and O–H groups in total. The second kappa shape index (κ2) is 9.61. The number of para-hydroxylation sites is 1. The Hall–Kier alpha value is -2.82. The molecule has 1 amide bonds. The van der Waals surface area contributed by atoms with Gasteiger partial charge in [-0.3, -0.25) is 9.59 Å². The summed E-state index contributed by atoms with van der Waals surface area (Å²) in [5.41, 5.74) is 3.01. The van der Waals surface area contributed by atoms with Crippen LogP contribution in [0.1, 0.15) is 23.1 Å². The molecule has 2 aromatic carbocycles. The number of rotatable bonds is 9. The van der Waals surface area contributed by atoms with Gasteiger partial charge in [0, 0.05) is 13.0 Å². The van der Waals surface area contributed by atoms with E-state index in [-0.39, 0.29) is 18.9 Å². The fourth-order valence-electron chi connectivity index (χ4n) is 2.85. The molecule has 0 fully saturated rings. The van der Waals surface area contributed by atoms with E-state index >= 15 is 0 Å². The van der Waals surface area contributed by atoms with Crippen molar-refractivity contribution in [3.05, 3.63) is 65.2 Å². The minimum atomic E-state index is -0.906. The Labute approximate surface area is 154 Å². The van der Waals surface area contributed by atoms with Crippen LogP contribution in [-0.2, 0) is 22.4 Å². The number of carboxylic acids is 1. The third-order valence-corrected chi connectivity index (χ3v) is 4.27. The van der Waals surface area contributed by atoms with Crippen LogP contribution in [0, 0.1) is 12.8 Å². The molecule has 0 heterocycles. The van der Waals surface area contributed by atoms with Crippen LogP contribution in [0.15, 0.2) is 48.5 Å². The highest BCUT2D eigenvalue weighted by molar-refractivity contribution is 5.77. The average Bonchev–Trinajstić information content (AvgIpc) is 2.63. The van der Waals surface area contributed by atoms with Crippen LogP contribution in [0.4, 0.5) is 0 Å². The van der Waals surface area contributed by atoms with Crippen molar-refractivity contribution in [2.75, 3.05) is 13.7 Å². The molecule has 0 bridgehead atoms. The smallest absolute Gasteiger partial charge is 0.308 e. The topological polar surface area (TPSA) is 75.6 Å². The van der Waals surface area contributed by atoms with Gasteiger partial charge in [-0.2, -0.15) is 0 Å². The van der Waals surface area contributed by atoms with E-state index in [0.29, 0.717) is 12.8 Å². The van der Waals surface area contributed by atoms with Crippen molar-refractivity contribution >= 4 is 11.9 Å². The molecular weight excluding hydrogens is 330 g/mol. The van der Waals surface area contributed by atoms with Crippen molar-refractivity contribution in [2.24, 2.45) is 5.92 Å². The third-order valence-electron chi connectivity index (χ3n) is 4.27. The largest absolute Gasteiger partial charge is 0.496 e. The second-order valence-electron chi connectivity index (χ2n) is 6.34. The standard InChI is InChI=1S/C21H25NO4/c1-15-6-5-7-16(12-15)13-18(21(24)25)14-22-20(23)11-10-17-8-3-4-9-19(17)26-2/h3-9,12,18H,10-11,13-14H2,1-2H3,(H,22,23)(H,24,25). The molecule has 0 aliphatic heterocycles. The lowest BCUT2D eigenvalue weighted by atomic mass is 9.98. The summed E-state index contributed by atoms with van der Waals surface area (Å²) in [6.45, 7) is 2.09. The molecule has 2 aromatic rings. The van der Waals surface area contributed by atoms with Crippen LogP contribution >= 0.6 is 0 Å². The van der Waals surface area contributed by atoms with Gasteiger partial charge in [0.25, 0.3) is 0 Å². The first-order valence-corrected chi connectivity index (χ1v) is 8.66. The number of carboxylic acid groups (broad SMARTS) is 1. The Bertz CT molecular complexity index is 757. The molecular formula is C21H25NO4. The average molecular weight is 355 g/mol. The minimum Gasteiger partial charge on any atom is -0.496 e. The molecule has 26 heavy (non-hydrogen) atoms. The number of ether oxygens (including phenoxy) is 1. The van der Waals surface area contributed by atoms with Crippen LogP contribution in [0.25, 0.3) is 0 Å². The molecule has 0 saturated heterocycles. The van der Waals surface area contributed by atoms with Gasteiger partial charge in [-0.15, -0.1) is 0 Å². The number of methoxy groups -OCH3 is 1. The predicted octanol–water partition coefficient (Wildman–Crippen LogP) is 3.00. The van der Waals surface area contributed by atoms with Crippen LogP contribution < -0.4 is 10.1 Å². The number of carbonyl (C=O) groups is 2. The zero-order valence-electron chi connectivity index (χ0n) is 15.2. The molecule has 5 nitrogen and oxygen atoms in total. The number of amides is 1. The number of benzene rings is 2. The van der Waals surface area contributed by atoms with Crippen LogP contribution in [0.2, 0.25) is 0 Å². The SMILES string of the molecule is COc1ccccc1CCC(=O)NCC(Cc1cccc(C)c1)C(=O)O. The lowest BCUT2D eigenvalue weighted by molar-refractivity contribution is -0.141. The van der Waals surface area contributed by atoms with Gasteiger partial charge in [-0.05, 0) is 37.0 Å². The Kier molecular flexibility index (Phi) is 7.21. The molecule has 1 unspecified atom stereocenters. The first-order valence-electron chi connectivity index (χ1n) is 8.66. The van der Waals surface area contributed by atoms with Crippen LogP contribution in [0.3, 0.4) is 0 Å². The molecule has 0 spiro atoms. The van der Waals surface area contributed by atoms with Crippen molar-refractivity contribution in [3.63, 3.8) is 0 Å². The van der Waals surface area contributed by atoms with Crippen molar-refractivity contribution in [1.29, 1.82) is 0 Å². The van der Waals surface area contributed by atoms with E-state index in [4.69, 9.17) is 4.74 Å². The molecule has 0 aromatic heterocycles. The molecule has 5 heteroatoms. The van der Waals surface area contributed by atoms with Crippen LogP contribution in [0.5, 0.6) is 5.75 Å². The van der Waals surface area contributed by atoms with Crippen molar-refractivity contribution in [2.45, 2.75) is 26.2 Å². The Morgan fingerprint density at radius 3 is 2.62 bits per heavy atom. The molecule has 138 valence electrons. The Morgan fingerprint density at radius 2 is 1.92 bits per heavy atom. The molecule has 1 atom stereocenters. The Morgan fingerprint density at radius 1 is 1.15 bits per heavy atom. The van der Waals surface area contributed by atoms with Gasteiger partial charge in [-0.25, -0.2) is 0 Å². The fourth-order valence-corrected chi connectivity index (χ4v) is 2.85. The maximum Gasteiger partial charge on any atom is 0.308 e. The number of carbonyl (C=O) groups excluding carboxylic acids is 1.